The quantitative estimate of drug-likeness (QED) is 0.189. The molecule has 11 nitrogen and oxygen atoms in total. The van der Waals surface area contributed by atoms with Gasteiger partial charge in [-0.2, -0.15) is 0 Å². The summed E-state index contributed by atoms with van der Waals surface area (Å²) in [5.41, 5.74) is 2.26. The third-order valence-corrected chi connectivity index (χ3v) is 4.93. The van der Waals surface area contributed by atoms with Crippen LogP contribution < -0.4 is 26.0 Å². The first kappa shape index (κ1) is 26.0. The molecule has 0 aliphatic carbocycles. The number of nitro benzene ring substituents is 1. The van der Waals surface area contributed by atoms with E-state index in [4.69, 9.17) is 9.84 Å². The lowest BCUT2D eigenvalue weighted by Gasteiger charge is -2.13. The molecule has 0 bridgehead atoms. The SMILES string of the molecule is CCOc1ccc(NC(=O)c2ccc(NC(=O)CNc3cc([N+](=O)[O-])ccc3NCCO)cc2)cc1. The van der Waals surface area contributed by atoms with Crippen LogP contribution in [0.4, 0.5) is 28.4 Å². The van der Waals surface area contributed by atoms with Gasteiger partial charge in [0.1, 0.15) is 5.75 Å². The van der Waals surface area contributed by atoms with Gasteiger partial charge >= 0.3 is 0 Å². The minimum absolute atomic E-state index is 0.120. The summed E-state index contributed by atoms with van der Waals surface area (Å²) >= 11 is 0. The number of hydrogen-bond donors (Lipinski definition) is 5. The van der Waals surface area contributed by atoms with Crippen molar-refractivity contribution in [2.75, 3.05) is 47.6 Å². The van der Waals surface area contributed by atoms with E-state index < -0.39 is 4.92 Å². The van der Waals surface area contributed by atoms with Gasteiger partial charge in [0.25, 0.3) is 11.6 Å². The van der Waals surface area contributed by atoms with Gasteiger partial charge in [0, 0.05) is 35.6 Å². The van der Waals surface area contributed by atoms with Gasteiger partial charge in [-0.3, -0.25) is 19.7 Å². The molecular formula is C25H27N5O6. The Bertz CT molecular complexity index is 1200. The summed E-state index contributed by atoms with van der Waals surface area (Å²) < 4.78 is 5.38. The Kier molecular flexibility index (Phi) is 9.18. The Labute approximate surface area is 207 Å². The van der Waals surface area contributed by atoms with Crippen LogP contribution in [0.5, 0.6) is 5.75 Å². The van der Waals surface area contributed by atoms with Gasteiger partial charge in [0.05, 0.1) is 36.1 Å². The van der Waals surface area contributed by atoms with Crippen LogP contribution in [0.2, 0.25) is 0 Å². The maximum atomic E-state index is 12.5. The van der Waals surface area contributed by atoms with Crippen molar-refractivity contribution in [3.05, 3.63) is 82.4 Å². The van der Waals surface area contributed by atoms with Gasteiger partial charge in [-0.1, -0.05) is 0 Å². The summed E-state index contributed by atoms with van der Waals surface area (Å²) in [7, 11) is 0. The molecule has 0 radical (unpaired) electrons. The molecule has 5 N–H and O–H groups in total. The first-order valence-electron chi connectivity index (χ1n) is 11.2. The van der Waals surface area contributed by atoms with Crippen LogP contribution in [0.25, 0.3) is 0 Å². The number of carbonyl (C=O) groups is 2. The Hall–Kier alpha value is -4.64. The van der Waals surface area contributed by atoms with Crippen LogP contribution in [0.3, 0.4) is 0 Å². The zero-order chi connectivity index (χ0) is 25.9. The lowest BCUT2D eigenvalue weighted by molar-refractivity contribution is -0.384. The van der Waals surface area contributed by atoms with E-state index in [9.17, 15) is 19.7 Å². The highest BCUT2D eigenvalue weighted by molar-refractivity contribution is 6.04. The molecule has 0 heterocycles. The van der Waals surface area contributed by atoms with Gasteiger partial charge in [-0.25, -0.2) is 0 Å². The summed E-state index contributed by atoms with van der Waals surface area (Å²) in [5, 5.41) is 31.4. The van der Waals surface area contributed by atoms with Gasteiger partial charge in [0.2, 0.25) is 5.91 Å². The maximum Gasteiger partial charge on any atom is 0.271 e. The molecule has 0 aromatic heterocycles. The molecule has 0 aliphatic rings. The van der Waals surface area contributed by atoms with Crippen molar-refractivity contribution in [3.8, 4) is 5.75 Å². The average Bonchev–Trinajstić information content (AvgIpc) is 2.88. The number of carbonyl (C=O) groups excluding carboxylic acids is 2. The molecule has 188 valence electrons. The van der Waals surface area contributed by atoms with Crippen molar-refractivity contribution in [2.24, 2.45) is 0 Å². The predicted octanol–water partition coefficient (Wildman–Crippen LogP) is 3.70. The highest BCUT2D eigenvalue weighted by atomic mass is 16.6. The van der Waals surface area contributed by atoms with E-state index >= 15 is 0 Å². The average molecular weight is 494 g/mol. The monoisotopic (exact) mass is 493 g/mol. The number of anilines is 4. The van der Waals surface area contributed by atoms with Crippen molar-refractivity contribution in [1.82, 2.24) is 0 Å². The van der Waals surface area contributed by atoms with Crippen LogP contribution >= 0.6 is 0 Å². The molecule has 0 aliphatic heterocycles. The molecule has 3 aromatic rings. The third kappa shape index (κ3) is 7.43. The summed E-state index contributed by atoms with van der Waals surface area (Å²) in [6.07, 6.45) is 0. The number of nitro groups is 1. The number of rotatable bonds is 12. The number of nitrogens with one attached hydrogen (secondary N) is 4. The van der Waals surface area contributed by atoms with Gasteiger partial charge in [-0.15, -0.1) is 0 Å². The second-order valence-corrected chi connectivity index (χ2v) is 7.53. The standard InChI is InChI=1S/C25H27N5O6/c1-2-36-21-10-7-19(8-11-21)29-25(33)17-3-5-18(6-4-17)28-24(32)16-27-23-15-20(30(34)35)9-12-22(23)26-13-14-31/h3-12,15,26-27,31H,2,13-14,16H2,1H3,(H,28,32)(H,29,33). The molecule has 36 heavy (non-hydrogen) atoms. The molecule has 0 spiro atoms. The number of non-ortho nitro benzene ring substituents is 1. The summed E-state index contributed by atoms with van der Waals surface area (Å²) in [4.78, 5) is 35.4. The molecule has 0 saturated carbocycles. The minimum atomic E-state index is -0.533. The molecule has 11 heteroatoms. The molecule has 3 rings (SSSR count). The van der Waals surface area contributed by atoms with Gasteiger partial charge in [-0.05, 0) is 61.5 Å². The second-order valence-electron chi connectivity index (χ2n) is 7.53. The number of nitrogens with zero attached hydrogens (tertiary/aromatic N) is 1. The van der Waals surface area contributed by atoms with Crippen molar-refractivity contribution < 1.29 is 24.4 Å². The molecule has 3 aromatic carbocycles. The van der Waals surface area contributed by atoms with E-state index in [-0.39, 0.29) is 37.2 Å². The number of aliphatic hydroxyl groups is 1. The van der Waals surface area contributed by atoms with Crippen molar-refractivity contribution >= 4 is 40.3 Å². The van der Waals surface area contributed by atoms with Crippen molar-refractivity contribution in [2.45, 2.75) is 6.92 Å². The zero-order valence-electron chi connectivity index (χ0n) is 19.6. The van der Waals surface area contributed by atoms with Gasteiger partial charge in [0.15, 0.2) is 0 Å². The molecule has 0 unspecified atom stereocenters. The number of amides is 2. The van der Waals surface area contributed by atoms with E-state index in [1.807, 2.05) is 6.92 Å². The third-order valence-electron chi connectivity index (χ3n) is 4.93. The van der Waals surface area contributed by atoms with Crippen LogP contribution in [0, 0.1) is 10.1 Å². The Morgan fingerprint density at radius 1 is 0.917 bits per heavy atom. The molecule has 0 fully saturated rings. The fraction of sp³-hybridized carbons (Fsp3) is 0.200. The number of ether oxygens (including phenoxy) is 1. The van der Waals surface area contributed by atoms with E-state index in [1.54, 1.807) is 48.5 Å². The van der Waals surface area contributed by atoms with Crippen LogP contribution in [0.1, 0.15) is 17.3 Å². The van der Waals surface area contributed by atoms with Crippen LogP contribution in [-0.4, -0.2) is 48.1 Å². The largest absolute Gasteiger partial charge is 0.494 e. The van der Waals surface area contributed by atoms with E-state index in [2.05, 4.69) is 21.3 Å². The van der Waals surface area contributed by atoms with E-state index in [0.29, 0.717) is 40.7 Å². The van der Waals surface area contributed by atoms with Crippen LogP contribution in [0.15, 0.2) is 66.7 Å². The molecule has 2 amide bonds. The first-order valence-corrected chi connectivity index (χ1v) is 11.2. The molecular weight excluding hydrogens is 466 g/mol. The topological polar surface area (TPSA) is 155 Å². The highest BCUT2D eigenvalue weighted by Crippen LogP contribution is 2.27. The lowest BCUT2D eigenvalue weighted by atomic mass is 10.2. The minimum Gasteiger partial charge on any atom is -0.494 e. The highest BCUT2D eigenvalue weighted by Gasteiger charge is 2.12. The smallest absolute Gasteiger partial charge is 0.271 e. The Morgan fingerprint density at radius 2 is 1.58 bits per heavy atom. The van der Waals surface area contributed by atoms with E-state index in [0.717, 1.165) is 0 Å². The van der Waals surface area contributed by atoms with Crippen LogP contribution in [-0.2, 0) is 4.79 Å². The number of benzene rings is 3. The normalized spacial score (nSPS) is 10.3. The molecule has 0 atom stereocenters. The summed E-state index contributed by atoms with van der Waals surface area (Å²) in [5.74, 6) is 0.0294. The van der Waals surface area contributed by atoms with E-state index in [1.165, 1.54) is 18.2 Å². The fourth-order valence-electron chi connectivity index (χ4n) is 3.23. The molecule has 0 saturated heterocycles. The fourth-order valence-corrected chi connectivity index (χ4v) is 3.23. The first-order chi connectivity index (χ1) is 17.4. The lowest BCUT2D eigenvalue weighted by Crippen LogP contribution is -2.22. The summed E-state index contributed by atoms with van der Waals surface area (Å²) in [6.45, 7) is 2.42. The maximum absolute atomic E-state index is 12.5. The van der Waals surface area contributed by atoms with Crippen molar-refractivity contribution in [1.29, 1.82) is 0 Å². The Balaban J connectivity index is 1.56. The van der Waals surface area contributed by atoms with Crippen molar-refractivity contribution in [3.63, 3.8) is 0 Å². The Morgan fingerprint density at radius 3 is 2.22 bits per heavy atom. The number of hydrogen-bond acceptors (Lipinski definition) is 8. The zero-order valence-corrected chi connectivity index (χ0v) is 19.6. The number of aliphatic hydroxyl groups excluding tert-OH is 1. The van der Waals surface area contributed by atoms with Gasteiger partial charge < -0.3 is 31.1 Å². The predicted molar refractivity (Wildman–Crippen MR) is 138 cm³/mol. The second kappa shape index (κ2) is 12.7. The summed E-state index contributed by atoms with van der Waals surface area (Å²) in [6, 6.07) is 17.6.